The van der Waals surface area contributed by atoms with Crippen LogP contribution in [0.3, 0.4) is 0 Å². The molecule has 4 rings (SSSR count). The molecule has 28 heavy (non-hydrogen) atoms. The van der Waals surface area contributed by atoms with Crippen molar-refractivity contribution in [2.45, 2.75) is 20.8 Å². The van der Waals surface area contributed by atoms with Crippen LogP contribution in [0.15, 0.2) is 48.1 Å². The van der Waals surface area contributed by atoms with E-state index in [0.717, 1.165) is 11.3 Å². The number of nitrogens with one attached hydrogen (secondary N) is 1. The number of amides is 1. The van der Waals surface area contributed by atoms with Crippen LogP contribution in [-0.4, -0.2) is 31.1 Å². The van der Waals surface area contributed by atoms with Gasteiger partial charge in [0.2, 0.25) is 0 Å². The van der Waals surface area contributed by atoms with Crippen molar-refractivity contribution in [2.75, 3.05) is 5.32 Å². The Morgan fingerprint density at radius 1 is 1.07 bits per heavy atom. The quantitative estimate of drug-likeness (QED) is 0.570. The number of carbonyl (C=O) groups is 1. The number of hydrogen-bond donors (Lipinski definition) is 1. The van der Waals surface area contributed by atoms with E-state index in [9.17, 15) is 4.79 Å². The van der Waals surface area contributed by atoms with Crippen molar-refractivity contribution in [3.05, 3.63) is 70.4 Å². The Morgan fingerprint density at radius 2 is 1.89 bits per heavy atom. The van der Waals surface area contributed by atoms with E-state index in [4.69, 9.17) is 0 Å². The molecule has 8 heteroatoms. The summed E-state index contributed by atoms with van der Waals surface area (Å²) < 4.78 is 1.50. The standard InChI is InChI=1S/C20H18N6OS/c1-12-7-14(3)17(8-13(12)2)18-10-28-20(22-18)23-19(27)15-5-4-6-16(9-15)26-11-21-24-25-26/h4-11H,1-3H3,(H,22,23,27). The van der Waals surface area contributed by atoms with Crippen molar-refractivity contribution in [3.63, 3.8) is 0 Å². The molecule has 0 saturated carbocycles. The Labute approximate surface area is 166 Å². The average Bonchev–Trinajstić information content (AvgIpc) is 3.37. The lowest BCUT2D eigenvalue weighted by Crippen LogP contribution is -2.12. The number of nitrogens with zero attached hydrogens (tertiary/aromatic N) is 5. The minimum absolute atomic E-state index is 0.229. The fourth-order valence-corrected chi connectivity index (χ4v) is 3.64. The van der Waals surface area contributed by atoms with Crippen molar-refractivity contribution in [2.24, 2.45) is 0 Å². The SMILES string of the molecule is Cc1cc(C)c(-c2csc(NC(=O)c3cccc(-n4cnnn4)c3)n2)cc1C. The van der Waals surface area contributed by atoms with Crippen LogP contribution in [0.25, 0.3) is 16.9 Å². The third-order valence-corrected chi connectivity index (χ3v) is 5.32. The van der Waals surface area contributed by atoms with E-state index in [1.165, 1.54) is 39.0 Å². The molecule has 2 aromatic heterocycles. The predicted molar refractivity (Wildman–Crippen MR) is 109 cm³/mol. The number of tetrazole rings is 1. The molecule has 0 aliphatic heterocycles. The third-order valence-electron chi connectivity index (χ3n) is 4.56. The summed E-state index contributed by atoms with van der Waals surface area (Å²) in [6, 6.07) is 11.4. The summed E-state index contributed by atoms with van der Waals surface area (Å²) in [5.74, 6) is -0.229. The molecule has 4 aromatic rings. The number of rotatable bonds is 4. The molecule has 2 heterocycles. The number of thiazole rings is 1. The van der Waals surface area contributed by atoms with Crippen LogP contribution in [0.1, 0.15) is 27.0 Å². The molecule has 0 atom stereocenters. The summed E-state index contributed by atoms with van der Waals surface area (Å²) in [6.07, 6.45) is 1.48. The Balaban J connectivity index is 1.55. The van der Waals surface area contributed by atoms with Gasteiger partial charge in [-0.15, -0.1) is 16.4 Å². The minimum atomic E-state index is -0.229. The molecule has 2 aromatic carbocycles. The lowest BCUT2D eigenvalue weighted by Gasteiger charge is -2.07. The number of hydrogen-bond acceptors (Lipinski definition) is 6. The molecule has 0 spiro atoms. The highest BCUT2D eigenvalue weighted by Gasteiger charge is 2.13. The highest BCUT2D eigenvalue weighted by atomic mass is 32.1. The fourth-order valence-electron chi connectivity index (χ4n) is 2.93. The van der Waals surface area contributed by atoms with E-state index in [1.54, 1.807) is 18.2 Å². The molecule has 140 valence electrons. The van der Waals surface area contributed by atoms with Crippen molar-refractivity contribution >= 4 is 22.4 Å². The van der Waals surface area contributed by atoms with Crippen LogP contribution in [0.2, 0.25) is 0 Å². The zero-order valence-corrected chi connectivity index (χ0v) is 16.5. The van der Waals surface area contributed by atoms with Gasteiger partial charge in [0.15, 0.2) is 5.13 Å². The molecule has 1 N–H and O–H groups in total. The van der Waals surface area contributed by atoms with Gasteiger partial charge in [0.1, 0.15) is 6.33 Å². The van der Waals surface area contributed by atoms with E-state index in [-0.39, 0.29) is 5.91 Å². The lowest BCUT2D eigenvalue weighted by atomic mass is 9.99. The van der Waals surface area contributed by atoms with Crippen LogP contribution in [0, 0.1) is 20.8 Å². The summed E-state index contributed by atoms with van der Waals surface area (Å²) in [4.78, 5) is 17.2. The second-order valence-corrected chi connectivity index (χ2v) is 7.41. The number of aryl methyl sites for hydroxylation is 3. The van der Waals surface area contributed by atoms with E-state index in [1.807, 2.05) is 11.4 Å². The molecular weight excluding hydrogens is 372 g/mol. The van der Waals surface area contributed by atoms with Crippen molar-refractivity contribution in [3.8, 4) is 16.9 Å². The summed E-state index contributed by atoms with van der Waals surface area (Å²) in [7, 11) is 0. The first-order valence-electron chi connectivity index (χ1n) is 8.70. The highest BCUT2D eigenvalue weighted by molar-refractivity contribution is 7.14. The van der Waals surface area contributed by atoms with Gasteiger partial charge in [-0.05, 0) is 72.2 Å². The Morgan fingerprint density at radius 3 is 2.68 bits per heavy atom. The van der Waals surface area contributed by atoms with E-state index in [0.29, 0.717) is 16.4 Å². The Bertz CT molecular complexity index is 1150. The van der Waals surface area contributed by atoms with Gasteiger partial charge in [-0.25, -0.2) is 9.67 Å². The highest BCUT2D eigenvalue weighted by Crippen LogP contribution is 2.29. The number of anilines is 1. The molecule has 1 amide bonds. The van der Waals surface area contributed by atoms with E-state index < -0.39 is 0 Å². The van der Waals surface area contributed by atoms with Gasteiger partial charge in [-0.2, -0.15) is 0 Å². The van der Waals surface area contributed by atoms with Crippen molar-refractivity contribution in [1.29, 1.82) is 0 Å². The average molecular weight is 390 g/mol. The smallest absolute Gasteiger partial charge is 0.257 e. The number of benzene rings is 2. The van der Waals surface area contributed by atoms with Gasteiger partial charge >= 0.3 is 0 Å². The fraction of sp³-hybridized carbons (Fsp3) is 0.150. The van der Waals surface area contributed by atoms with Crippen LogP contribution in [0.5, 0.6) is 0 Å². The van der Waals surface area contributed by atoms with Gasteiger partial charge in [-0.3, -0.25) is 10.1 Å². The van der Waals surface area contributed by atoms with Crippen LogP contribution >= 0.6 is 11.3 Å². The molecule has 0 unspecified atom stereocenters. The maximum absolute atomic E-state index is 12.6. The summed E-state index contributed by atoms with van der Waals surface area (Å²) in [5, 5.41) is 16.5. The normalized spacial score (nSPS) is 10.8. The lowest BCUT2D eigenvalue weighted by molar-refractivity contribution is 0.102. The summed E-state index contributed by atoms with van der Waals surface area (Å²) in [6.45, 7) is 6.26. The van der Waals surface area contributed by atoms with Gasteiger partial charge in [0, 0.05) is 16.5 Å². The first-order chi connectivity index (χ1) is 13.5. The number of aromatic nitrogens is 5. The predicted octanol–water partition coefficient (Wildman–Crippen LogP) is 3.96. The zero-order chi connectivity index (χ0) is 19.7. The minimum Gasteiger partial charge on any atom is -0.298 e. The summed E-state index contributed by atoms with van der Waals surface area (Å²) in [5.41, 5.74) is 6.81. The molecule has 7 nitrogen and oxygen atoms in total. The molecule has 0 saturated heterocycles. The van der Waals surface area contributed by atoms with Crippen LogP contribution in [-0.2, 0) is 0 Å². The van der Waals surface area contributed by atoms with Gasteiger partial charge < -0.3 is 0 Å². The maximum Gasteiger partial charge on any atom is 0.257 e. The molecule has 0 bridgehead atoms. The second-order valence-electron chi connectivity index (χ2n) is 6.55. The third kappa shape index (κ3) is 3.54. The largest absolute Gasteiger partial charge is 0.298 e. The Kier molecular flexibility index (Phi) is 4.70. The molecule has 0 fully saturated rings. The van der Waals surface area contributed by atoms with E-state index >= 15 is 0 Å². The second kappa shape index (κ2) is 7.32. The first-order valence-corrected chi connectivity index (χ1v) is 9.58. The van der Waals surface area contributed by atoms with E-state index in [2.05, 4.69) is 58.7 Å². The van der Waals surface area contributed by atoms with Crippen molar-refractivity contribution < 1.29 is 4.79 Å². The number of carbonyl (C=O) groups excluding carboxylic acids is 1. The maximum atomic E-state index is 12.6. The van der Waals surface area contributed by atoms with Crippen LogP contribution < -0.4 is 5.32 Å². The van der Waals surface area contributed by atoms with Crippen LogP contribution in [0.4, 0.5) is 5.13 Å². The Hall–Kier alpha value is -3.39. The molecule has 0 radical (unpaired) electrons. The van der Waals surface area contributed by atoms with Gasteiger partial charge in [0.25, 0.3) is 5.91 Å². The first kappa shape index (κ1) is 18.0. The molecular formula is C20H18N6OS. The molecule has 0 aliphatic carbocycles. The van der Waals surface area contributed by atoms with Gasteiger partial charge in [-0.1, -0.05) is 12.1 Å². The zero-order valence-electron chi connectivity index (χ0n) is 15.7. The topological polar surface area (TPSA) is 85.6 Å². The van der Waals surface area contributed by atoms with Gasteiger partial charge in [0.05, 0.1) is 11.4 Å². The molecule has 0 aliphatic rings. The summed E-state index contributed by atoms with van der Waals surface area (Å²) >= 11 is 1.41. The van der Waals surface area contributed by atoms with Crippen molar-refractivity contribution in [1.82, 2.24) is 25.2 Å². The monoisotopic (exact) mass is 390 g/mol.